The number of H-pyrrole nitrogens is 1. The number of aromatic nitrogens is 3. The molecule has 5 aromatic carbocycles. The van der Waals surface area contributed by atoms with Crippen LogP contribution in [0.1, 0.15) is 80.3 Å². The molecule has 14 heteroatoms. The molecule has 0 spiro atoms. The molecule has 0 unspecified atom stereocenters. The van der Waals surface area contributed by atoms with Crippen molar-refractivity contribution in [2.45, 2.75) is 44.6 Å². The maximum absolute atomic E-state index is 13.4. The van der Waals surface area contributed by atoms with Gasteiger partial charge in [-0.3, -0.25) is 19.2 Å². The van der Waals surface area contributed by atoms with Crippen LogP contribution in [0.4, 0.5) is 0 Å². The average Bonchev–Trinajstić information content (AvgIpc) is 3.93. The minimum Gasteiger partial charge on any atom is -0.484 e. The number of carbonyl (C=O) groups excluding carboxylic acids is 4. The van der Waals surface area contributed by atoms with Gasteiger partial charge < -0.3 is 40.1 Å². The molecule has 1 aliphatic carbocycles. The topological polar surface area (TPSA) is 194 Å². The fourth-order valence-electron chi connectivity index (χ4n) is 8.07. The zero-order valence-electron chi connectivity index (χ0n) is 35.1. The van der Waals surface area contributed by atoms with Crippen LogP contribution in [0, 0.1) is 0 Å². The van der Waals surface area contributed by atoms with E-state index in [1.807, 2.05) is 60.8 Å². The summed E-state index contributed by atoms with van der Waals surface area (Å²) in [5, 5.41) is 18.4. The van der Waals surface area contributed by atoms with E-state index in [2.05, 4.69) is 25.5 Å². The van der Waals surface area contributed by atoms with E-state index in [1.54, 1.807) is 60.7 Å². The number of rotatable bonds is 18. The molecule has 0 saturated heterocycles. The molecule has 0 aliphatic heterocycles. The van der Waals surface area contributed by atoms with Crippen LogP contribution in [0.3, 0.4) is 0 Å². The summed E-state index contributed by atoms with van der Waals surface area (Å²) in [7, 11) is 0. The molecular weight excluding hydrogens is 813 g/mol. The van der Waals surface area contributed by atoms with Gasteiger partial charge in [-0.2, -0.15) is 0 Å². The number of nitrogens with one attached hydrogen (secondary N) is 4. The van der Waals surface area contributed by atoms with Gasteiger partial charge in [-0.25, -0.2) is 9.78 Å². The molecule has 64 heavy (non-hydrogen) atoms. The van der Waals surface area contributed by atoms with Crippen molar-refractivity contribution in [1.29, 1.82) is 0 Å². The Morgan fingerprint density at radius 3 is 2.09 bits per heavy atom. The zero-order valence-corrected chi connectivity index (χ0v) is 35.1. The number of fused-ring (bicyclic) bond motifs is 2. The normalized spacial score (nSPS) is 12.8. The summed E-state index contributed by atoms with van der Waals surface area (Å²) in [6.45, 7) is 0.169. The summed E-state index contributed by atoms with van der Waals surface area (Å²) in [4.78, 5) is 70.6. The van der Waals surface area contributed by atoms with Crippen LogP contribution in [0.15, 0.2) is 121 Å². The maximum Gasteiger partial charge on any atom is 0.341 e. The van der Waals surface area contributed by atoms with E-state index in [0.717, 1.165) is 64.6 Å². The lowest BCUT2D eigenvalue weighted by atomic mass is 9.94. The van der Waals surface area contributed by atoms with Gasteiger partial charge in [0.1, 0.15) is 17.3 Å². The SMILES string of the molecule is O=C(O)COc1ccc2[nH]cc(CCNC(=O)c3ccc4c(c3)nc(-c3ccc(OCC(=O)NCCNC(=O)c5ccc(C(=O)c6ccccc6)cc5)cc3)n4C3CCCCC3)c2c1. The van der Waals surface area contributed by atoms with E-state index in [4.69, 9.17) is 19.6 Å². The highest BCUT2D eigenvalue weighted by Gasteiger charge is 2.23. The molecule has 2 aromatic heterocycles. The number of nitrogens with zero attached hydrogens (tertiary/aromatic N) is 2. The number of ketones is 1. The summed E-state index contributed by atoms with van der Waals surface area (Å²) < 4.78 is 13.4. The summed E-state index contributed by atoms with van der Waals surface area (Å²) in [6.07, 6.45) is 7.96. The van der Waals surface area contributed by atoms with E-state index in [1.165, 1.54) is 6.42 Å². The number of carboxylic acid groups (broad SMARTS) is 1. The number of aromatic amines is 1. The molecule has 2 heterocycles. The summed E-state index contributed by atoms with van der Waals surface area (Å²) in [6, 6.07) is 34.1. The first-order chi connectivity index (χ1) is 31.2. The Bertz CT molecular complexity index is 2790. The zero-order chi connectivity index (χ0) is 44.4. The number of aliphatic carboxylic acids is 1. The molecule has 8 rings (SSSR count). The Morgan fingerprint density at radius 2 is 1.33 bits per heavy atom. The maximum atomic E-state index is 13.4. The van der Waals surface area contributed by atoms with E-state index in [9.17, 15) is 24.0 Å². The van der Waals surface area contributed by atoms with Crippen molar-refractivity contribution in [3.8, 4) is 22.9 Å². The van der Waals surface area contributed by atoms with Crippen LogP contribution in [0.25, 0.3) is 33.3 Å². The van der Waals surface area contributed by atoms with E-state index >= 15 is 0 Å². The van der Waals surface area contributed by atoms with Gasteiger partial charge in [0.25, 0.3) is 17.7 Å². The predicted octanol–water partition coefficient (Wildman–Crippen LogP) is 7.28. The molecule has 5 N–H and O–H groups in total. The number of amides is 3. The third kappa shape index (κ3) is 10.3. The van der Waals surface area contributed by atoms with Crippen LogP contribution in [0.5, 0.6) is 11.5 Å². The van der Waals surface area contributed by atoms with Crippen molar-refractivity contribution in [3.63, 3.8) is 0 Å². The van der Waals surface area contributed by atoms with Crippen molar-refractivity contribution in [2.75, 3.05) is 32.8 Å². The second kappa shape index (κ2) is 20.0. The van der Waals surface area contributed by atoms with Crippen molar-refractivity contribution < 1.29 is 38.6 Å². The molecule has 0 radical (unpaired) electrons. The standard InChI is InChI=1S/C50H48N6O8/c57-45(51-25-26-53-49(61)35-13-11-33(12-14-35)47(60)32-7-3-1-4-8-32)30-63-39-18-15-34(16-19-39)48-55-43-27-36(17-22-44(43)56(48)38-9-5-2-6-10-38)50(62)52-24-23-37-29-54-42-21-20-40(28-41(37)42)64-31-46(58)59/h1,3-4,7-8,11-22,27-29,38,54H,2,5-6,9-10,23-26,30-31H2,(H,51,57)(H,52,62)(H,53,61)(H,58,59). The fourth-order valence-corrected chi connectivity index (χ4v) is 8.07. The number of carbonyl (C=O) groups is 5. The van der Waals surface area contributed by atoms with E-state index in [-0.39, 0.29) is 49.2 Å². The lowest BCUT2D eigenvalue weighted by Gasteiger charge is -2.25. The molecule has 326 valence electrons. The van der Waals surface area contributed by atoms with Crippen LogP contribution >= 0.6 is 0 Å². The van der Waals surface area contributed by atoms with Crippen molar-refractivity contribution in [1.82, 2.24) is 30.5 Å². The summed E-state index contributed by atoms with van der Waals surface area (Å²) >= 11 is 0. The molecule has 3 amide bonds. The fraction of sp³-hybridized carbons (Fsp3) is 0.240. The molecule has 1 aliphatic rings. The minimum atomic E-state index is -1.05. The number of benzene rings is 5. The van der Waals surface area contributed by atoms with Crippen molar-refractivity contribution in [2.24, 2.45) is 0 Å². The second-order valence-electron chi connectivity index (χ2n) is 15.7. The monoisotopic (exact) mass is 860 g/mol. The second-order valence-corrected chi connectivity index (χ2v) is 15.7. The van der Waals surface area contributed by atoms with Gasteiger partial charge >= 0.3 is 5.97 Å². The van der Waals surface area contributed by atoms with E-state index in [0.29, 0.717) is 46.7 Å². The first kappa shape index (κ1) is 42.9. The number of ether oxygens (including phenoxy) is 2. The molecule has 0 bridgehead atoms. The van der Waals surface area contributed by atoms with Crippen LogP contribution in [-0.2, 0) is 16.0 Å². The van der Waals surface area contributed by atoms with Gasteiger partial charge in [0.15, 0.2) is 19.0 Å². The number of carboxylic acids is 1. The molecule has 1 fully saturated rings. The van der Waals surface area contributed by atoms with Gasteiger partial charge in [-0.05, 0) is 97.6 Å². The lowest BCUT2D eigenvalue weighted by molar-refractivity contribution is -0.139. The first-order valence-electron chi connectivity index (χ1n) is 21.4. The predicted molar refractivity (Wildman–Crippen MR) is 242 cm³/mol. The smallest absolute Gasteiger partial charge is 0.341 e. The Labute approximate surface area is 369 Å². The summed E-state index contributed by atoms with van der Waals surface area (Å²) in [5.74, 6) is -0.256. The highest BCUT2D eigenvalue weighted by atomic mass is 16.5. The first-order valence-corrected chi connectivity index (χ1v) is 21.4. The molecule has 7 aromatic rings. The Hall–Kier alpha value is -7.74. The van der Waals surface area contributed by atoms with Gasteiger partial charge in [0.2, 0.25) is 0 Å². The highest BCUT2D eigenvalue weighted by molar-refractivity contribution is 6.09. The quantitative estimate of drug-likeness (QED) is 0.0436. The average molecular weight is 861 g/mol. The minimum absolute atomic E-state index is 0.120. The molecular formula is C50H48N6O8. The summed E-state index contributed by atoms with van der Waals surface area (Å²) in [5.41, 5.74) is 6.40. The molecule has 1 saturated carbocycles. The third-order valence-corrected chi connectivity index (χ3v) is 11.3. The Balaban J connectivity index is 0.843. The van der Waals surface area contributed by atoms with Crippen molar-refractivity contribution >= 4 is 51.4 Å². The highest BCUT2D eigenvalue weighted by Crippen LogP contribution is 2.36. The number of imidazole rings is 1. The Kier molecular flexibility index (Phi) is 13.4. The largest absolute Gasteiger partial charge is 0.484 e. The van der Waals surface area contributed by atoms with Gasteiger partial charge in [0.05, 0.1) is 11.0 Å². The molecule has 0 atom stereocenters. The lowest BCUT2D eigenvalue weighted by Crippen LogP contribution is -2.36. The number of hydrogen-bond acceptors (Lipinski definition) is 8. The van der Waals surface area contributed by atoms with Crippen LogP contribution < -0.4 is 25.4 Å². The van der Waals surface area contributed by atoms with Gasteiger partial charge in [-0.1, -0.05) is 61.7 Å². The van der Waals surface area contributed by atoms with Gasteiger partial charge in [0, 0.05) is 70.6 Å². The van der Waals surface area contributed by atoms with E-state index < -0.39 is 12.6 Å². The van der Waals surface area contributed by atoms with Crippen molar-refractivity contribution in [3.05, 3.63) is 149 Å². The van der Waals surface area contributed by atoms with Gasteiger partial charge in [-0.15, -0.1) is 0 Å². The van der Waals surface area contributed by atoms with Crippen LogP contribution in [-0.4, -0.2) is 82.0 Å². The van der Waals surface area contributed by atoms with Crippen LogP contribution in [0.2, 0.25) is 0 Å². The Morgan fingerprint density at radius 1 is 0.672 bits per heavy atom. The number of hydrogen-bond donors (Lipinski definition) is 5. The third-order valence-electron chi connectivity index (χ3n) is 11.3. The molecule has 14 nitrogen and oxygen atoms in total.